The van der Waals surface area contributed by atoms with Crippen molar-refractivity contribution >= 4 is 43.5 Å². The topological polar surface area (TPSA) is 51.8 Å². The van der Waals surface area contributed by atoms with Crippen LogP contribution in [0.4, 0.5) is 0 Å². The van der Waals surface area contributed by atoms with Gasteiger partial charge in [0.2, 0.25) is 0 Å². The first-order valence-electron chi connectivity index (χ1n) is 13.0. The van der Waals surface area contributed by atoms with Gasteiger partial charge in [0, 0.05) is 27.3 Å². The number of aromatic nitrogens is 3. The fourth-order valence-corrected chi connectivity index (χ4v) is 5.49. The maximum atomic E-state index is 6.59. The summed E-state index contributed by atoms with van der Waals surface area (Å²) in [6.45, 7) is 0. The number of furan rings is 1. The second kappa shape index (κ2) is 8.61. The highest BCUT2D eigenvalue weighted by atomic mass is 16.3. The third-order valence-electron chi connectivity index (χ3n) is 7.29. The molecule has 6 aromatic carbocycles. The van der Waals surface area contributed by atoms with E-state index in [1.54, 1.807) is 0 Å². The fraction of sp³-hybridized carbons (Fsp3) is 0. The second-order valence-electron chi connectivity index (χ2n) is 9.65. The van der Waals surface area contributed by atoms with Crippen molar-refractivity contribution in [2.45, 2.75) is 0 Å². The van der Waals surface area contributed by atoms with Crippen LogP contribution in [0.3, 0.4) is 0 Å². The largest absolute Gasteiger partial charge is 0.455 e. The Hall–Kier alpha value is -5.35. The fourth-order valence-electron chi connectivity index (χ4n) is 5.49. The summed E-state index contributed by atoms with van der Waals surface area (Å²) in [5, 5.41) is 6.85. The van der Waals surface area contributed by atoms with E-state index in [2.05, 4.69) is 54.6 Å². The van der Waals surface area contributed by atoms with Crippen molar-refractivity contribution in [3.05, 3.63) is 127 Å². The number of rotatable bonds is 3. The van der Waals surface area contributed by atoms with Crippen molar-refractivity contribution in [2.24, 2.45) is 0 Å². The molecular formula is C35H21N3O. The summed E-state index contributed by atoms with van der Waals surface area (Å²) in [7, 11) is 0. The lowest BCUT2D eigenvalue weighted by atomic mass is 9.95. The van der Waals surface area contributed by atoms with E-state index < -0.39 is 0 Å². The molecule has 0 aliphatic carbocycles. The minimum absolute atomic E-state index is 0.585. The molecule has 0 spiro atoms. The second-order valence-corrected chi connectivity index (χ2v) is 9.65. The van der Waals surface area contributed by atoms with Crippen LogP contribution in [0.15, 0.2) is 132 Å². The maximum absolute atomic E-state index is 6.59. The van der Waals surface area contributed by atoms with Crippen molar-refractivity contribution < 1.29 is 4.42 Å². The highest BCUT2D eigenvalue weighted by Crippen LogP contribution is 2.43. The van der Waals surface area contributed by atoms with Crippen LogP contribution in [0.25, 0.3) is 77.6 Å². The molecule has 0 amide bonds. The van der Waals surface area contributed by atoms with Crippen molar-refractivity contribution in [3.63, 3.8) is 0 Å². The van der Waals surface area contributed by atoms with Crippen LogP contribution < -0.4 is 0 Å². The van der Waals surface area contributed by atoms with E-state index in [0.29, 0.717) is 17.5 Å². The smallest absolute Gasteiger partial charge is 0.167 e. The SMILES string of the molecule is c1ccc(-c2nc(-c3ccccc3)nc(-c3cc4ccc5ccccc5c4c4c3oc3ccccc34)n2)cc1. The summed E-state index contributed by atoms with van der Waals surface area (Å²) < 4.78 is 6.59. The molecule has 4 nitrogen and oxygen atoms in total. The van der Waals surface area contributed by atoms with Gasteiger partial charge in [-0.05, 0) is 28.3 Å². The van der Waals surface area contributed by atoms with E-state index in [-0.39, 0.29) is 0 Å². The van der Waals surface area contributed by atoms with E-state index >= 15 is 0 Å². The molecule has 8 aromatic rings. The summed E-state index contributed by atoms with van der Waals surface area (Å²) in [4.78, 5) is 14.9. The van der Waals surface area contributed by atoms with Crippen molar-refractivity contribution in [1.82, 2.24) is 15.0 Å². The Kier molecular flexibility index (Phi) is 4.79. The van der Waals surface area contributed by atoms with Gasteiger partial charge in [-0.2, -0.15) is 0 Å². The van der Waals surface area contributed by atoms with E-state index in [9.17, 15) is 0 Å². The van der Waals surface area contributed by atoms with Gasteiger partial charge in [0.25, 0.3) is 0 Å². The molecule has 4 heteroatoms. The molecule has 0 fully saturated rings. The molecule has 8 rings (SSSR count). The minimum atomic E-state index is 0.585. The number of hydrogen-bond acceptors (Lipinski definition) is 4. The Bertz CT molecular complexity index is 2110. The Morgan fingerprint density at radius 2 is 1.00 bits per heavy atom. The first-order chi connectivity index (χ1) is 19.3. The lowest BCUT2D eigenvalue weighted by molar-refractivity contribution is 0.670. The molecule has 2 aromatic heterocycles. The predicted octanol–water partition coefficient (Wildman–Crippen LogP) is 9.08. The lowest BCUT2D eigenvalue weighted by Gasteiger charge is -2.11. The average Bonchev–Trinajstić information content (AvgIpc) is 3.41. The Balaban J connectivity index is 1.51. The summed E-state index contributed by atoms with van der Waals surface area (Å²) in [6, 6.07) is 43.3. The van der Waals surface area contributed by atoms with Crippen LogP contribution in [-0.4, -0.2) is 15.0 Å². The number of fused-ring (bicyclic) bond motifs is 7. The minimum Gasteiger partial charge on any atom is -0.455 e. The average molecular weight is 500 g/mol. The molecule has 0 N–H and O–H groups in total. The zero-order chi connectivity index (χ0) is 25.8. The zero-order valence-electron chi connectivity index (χ0n) is 20.9. The first-order valence-corrected chi connectivity index (χ1v) is 13.0. The van der Waals surface area contributed by atoms with Crippen molar-refractivity contribution in [1.29, 1.82) is 0 Å². The Morgan fingerprint density at radius 1 is 0.436 bits per heavy atom. The highest BCUT2D eigenvalue weighted by Gasteiger charge is 2.21. The third-order valence-corrected chi connectivity index (χ3v) is 7.29. The molecule has 39 heavy (non-hydrogen) atoms. The zero-order valence-corrected chi connectivity index (χ0v) is 20.9. The van der Waals surface area contributed by atoms with Crippen LogP contribution in [-0.2, 0) is 0 Å². The molecule has 0 atom stereocenters. The molecular weight excluding hydrogens is 478 g/mol. The number of para-hydroxylation sites is 1. The van der Waals surface area contributed by atoms with Crippen LogP contribution in [0, 0.1) is 0 Å². The van der Waals surface area contributed by atoms with Crippen LogP contribution in [0.1, 0.15) is 0 Å². The summed E-state index contributed by atoms with van der Waals surface area (Å²) in [6.07, 6.45) is 0. The lowest BCUT2D eigenvalue weighted by Crippen LogP contribution is -2.00. The predicted molar refractivity (Wildman–Crippen MR) is 158 cm³/mol. The summed E-state index contributed by atoms with van der Waals surface area (Å²) >= 11 is 0. The number of benzene rings is 6. The summed E-state index contributed by atoms with van der Waals surface area (Å²) in [5.74, 6) is 1.84. The number of nitrogens with zero attached hydrogens (tertiary/aromatic N) is 3. The van der Waals surface area contributed by atoms with Gasteiger partial charge in [-0.3, -0.25) is 0 Å². The van der Waals surface area contributed by atoms with Gasteiger partial charge in [-0.25, -0.2) is 15.0 Å². The third kappa shape index (κ3) is 3.50. The van der Waals surface area contributed by atoms with Gasteiger partial charge < -0.3 is 4.42 Å². The highest BCUT2D eigenvalue weighted by molar-refractivity contribution is 6.28. The van der Waals surface area contributed by atoms with Crippen LogP contribution >= 0.6 is 0 Å². The Labute approximate surface area is 224 Å². The normalized spacial score (nSPS) is 11.6. The molecule has 182 valence electrons. The van der Waals surface area contributed by atoms with Crippen LogP contribution in [0.5, 0.6) is 0 Å². The first kappa shape index (κ1) is 21.7. The quantitative estimate of drug-likeness (QED) is 0.228. The molecule has 0 aliphatic rings. The van der Waals surface area contributed by atoms with E-state index in [4.69, 9.17) is 19.4 Å². The van der Waals surface area contributed by atoms with Crippen LogP contribution in [0.2, 0.25) is 0 Å². The maximum Gasteiger partial charge on any atom is 0.167 e. The van der Waals surface area contributed by atoms with Gasteiger partial charge in [0.15, 0.2) is 17.5 Å². The molecule has 0 aliphatic heterocycles. The molecule has 0 saturated heterocycles. The Morgan fingerprint density at radius 3 is 1.72 bits per heavy atom. The molecule has 0 saturated carbocycles. The monoisotopic (exact) mass is 499 g/mol. The van der Waals surface area contributed by atoms with Gasteiger partial charge >= 0.3 is 0 Å². The van der Waals surface area contributed by atoms with Gasteiger partial charge in [0.05, 0.1) is 5.56 Å². The van der Waals surface area contributed by atoms with Crippen molar-refractivity contribution in [2.75, 3.05) is 0 Å². The van der Waals surface area contributed by atoms with Crippen molar-refractivity contribution in [3.8, 4) is 34.2 Å². The van der Waals surface area contributed by atoms with Gasteiger partial charge in [-0.15, -0.1) is 0 Å². The molecule has 2 heterocycles. The van der Waals surface area contributed by atoms with E-state index in [1.807, 2.05) is 72.8 Å². The molecule has 0 unspecified atom stereocenters. The summed E-state index contributed by atoms with van der Waals surface area (Å²) in [5.41, 5.74) is 4.34. The standard InChI is InChI=1S/C35H21N3O/c1-3-12-23(13-4-1)33-36-34(24-14-5-2-6-15-24)38-35(37-33)28-21-25-20-19-22-11-7-8-16-26(22)30(25)31-27-17-9-10-18-29(27)39-32(28)31/h1-21H. The number of hydrogen-bond donors (Lipinski definition) is 0. The van der Waals surface area contributed by atoms with E-state index in [1.165, 1.54) is 16.2 Å². The van der Waals surface area contributed by atoms with Gasteiger partial charge in [0.1, 0.15) is 11.2 Å². The molecule has 0 radical (unpaired) electrons. The van der Waals surface area contributed by atoms with E-state index in [0.717, 1.165) is 44.0 Å². The molecule has 0 bridgehead atoms. The van der Waals surface area contributed by atoms with Gasteiger partial charge in [-0.1, -0.05) is 115 Å².